The highest BCUT2D eigenvalue weighted by Gasteiger charge is 2.14. The lowest BCUT2D eigenvalue weighted by atomic mass is 10.1. The molecule has 0 radical (unpaired) electrons. The molecule has 2 aromatic heterocycles. The average Bonchev–Trinajstić information content (AvgIpc) is 3.32. The maximum absolute atomic E-state index is 13.1. The van der Waals surface area contributed by atoms with Crippen molar-refractivity contribution in [1.29, 1.82) is 0 Å². The summed E-state index contributed by atoms with van der Waals surface area (Å²) in [6.45, 7) is 3.95. The van der Waals surface area contributed by atoms with E-state index >= 15 is 0 Å². The van der Waals surface area contributed by atoms with E-state index in [4.69, 9.17) is 9.47 Å². The molecule has 3 aromatic carbocycles. The summed E-state index contributed by atoms with van der Waals surface area (Å²) in [5.74, 6) is 0.986. The molecule has 3 amide bonds. The minimum absolute atomic E-state index is 0.0928. The third-order valence-corrected chi connectivity index (χ3v) is 6.10. The van der Waals surface area contributed by atoms with Crippen LogP contribution in [0.2, 0.25) is 0 Å². The van der Waals surface area contributed by atoms with Crippen LogP contribution in [0.3, 0.4) is 0 Å². The van der Waals surface area contributed by atoms with Crippen molar-refractivity contribution < 1.29 is 19.1 Å². The molecule has 0 saturated carbocycles. The predicted octanol–water partition coefficient (Wildman–Crippen LogP) is 5.24. The van der Waals surface area contributed by atoms with Crippen LogP contribution in [0.1, 0.15) is 17.0 Å². The van der Waals surface area contributed by atoms with Gasteiger partial charge in [-0.2, -0.15) is 5.10 Å². The van der Waals surface area contributed by atoms with Gasteiger partial charge in [0.25, 0.3) is 5.91 Å². The zero-order chi connectivity index (χ0) is 28.8. The van der Waals surface area contributed by atoms with Crippen molar-refractivity contribution in [2.24, 2.45) is 0 Å². The van der Waals surface area contributed by atoms with Crippen LogP contribution < -0.4 is 20.7 Å². The Balaban J connectivity index is 1.30. The van der Waals surface area contributed by atoms with Crippen LogP contribution in [0.5, 0.6) is 5.75 Å². The van der Waals surface area contributed by atoms with Gasteiger partial charge in [-0.15, -0.1) is 0 Å². The van der Waals surface area contributed by atoms with E-state index in [9.17, 15) is 9.59 Å². The number of carbonyl (C=O) groups is 2. The Morgan fingerprint density at radius 1 is 0.902 bits per heavy atom. The topological polar surface area (TPSA) is 132 Å². The standard InChI is InChI=1S/C30H29N7O4/c1-19-8-10-22(11-9-19)37-27(16-20(2)36-37)34-30(39)33-25-12-13-26(24-7-5-4-6-23(24)25)41-17-21-14-15-31-29(32-21)35-28(38)18-40-3/h4-16H,17-18H2,1-3H3,(H2,33,34,39)(H,31,32,35,38). The third-order valence-electron chi connectivity index (χ3n) is 6.10. The molecule has 3 N–H and O–H groups in total. The van der Waals surface area contributed by atoms with Crippen molar-refractivity contribution >= 4 is 40.2 Å². The summed E-state index contributed by atoms with van der Waals surface area (Å²) >= 11 is 0. The first kappa shape index (κ1) is 27.3. The Hall–Kier alpha value is -5.29. The summed E-state index contributed by atoms with van der Waals surface area (Å²) in [5, 5.41) is 14.6. The molecular weight excluding hydrogens is 522 g/mol. The van der Waals surface area contributed by atoms with Crippen molar-refractivity contribution in [2.75, 3.05) is 29.7 Å². The number of urea groups is 1. The number of nitrogens with zero attached hydrogens (tertiary/aromatic N) is 4. The second-order valence-electron chi connectivity index (χ2n) is 9.30. The molecule has 0 atom stereocenters. The molecule has 0 unspecified atom stereocenters. The second-order valence-corrected chi connectivity index (χ2v) is 9.30. The number of amides is 3. The third kappa shape index (κ3) is 6.65. The largest absolute Gasteiger partial charge is 0.487 e. The monoisotopic (exact) mass is 551 g/mol. The van der Waals surface area contributed by atoms with Gasteiger partial charge in [0.15, 0.2) is 0 Å². The maximum atomic E-state index is 13.1. The highest BCUT2D eigenvalue weighted by molar-refractivity contribution is 6.07. The van der Waals surface area contributed by atoms with Gasteiger partial charge in [-0.05, 0) is 44.2 Å². The van der Waals surface area contributed by atoms with Crippen LogP contribution in [0.25, 0.3) is 16.5 Å². The highest BCUT2D eigenvalue weighted by Crippen LogP contribution is 2.32. The summed E-state index contributed by atoms with van der Waals surface area (Å²) < 4.78 is 12.6. The van der Waals surface area contributed by atoms with E-state index in [1.165, 1.54) is 7.11 Å². The van der Waals surface area contributed by atoms with Gasteiger partial charge in [-0.25, -0.2) is 19.4 Å². The van der Waals surface area contributed by atoms with Crippen LogP contribution in [0.15, 0.2) is 79.0 Å². The Labute approximate surface area is 236 Å². The fourth-order valence-corrected chi connectivity index (χ4v) is 4.23. The molecule has 0 spiro atoms. The van der Waals surface area contributed by atoms with Gasteiger partial charge in [-0.1, -0.05) is 42.0 Å². The smallest absolute Gasteiger partial charge is 0.324 e. The average molecular weight is 552 g/mol. The lowest BCUT2D eigenvalue weighted by molar-refractivity contribution is -0.119. The van der Waals surface area contributed by atoms with Crippen LogP contribution in [-0.4, -0.2) is 45.4 Å². The van der Waals surface area contributed by atoms with Gasteiger partial charge < -0.3 is 14.8 Å². The van der Waals surface area contributed by atoms with Gasteiger partial charge >= 0.3 is 6.03 Å². The van der Waals surface area contributed by atoms with E-state index in [0.29, 0.717) is 22.9 Å². The van der Waals surface area contributed by atoms with Crippen LogP contribution >= 0.6 is 0 Å². The number of aromatic nitrogens is 4. The lowest BCUT2D eigenvalue weighted by Crippen LogP contribution is -2.21. The zero-order valence-corrected chi connectivity index (χ0v) is 22.8. The molecule has 2 heterocycles. The second kappa shape index (κ2) is 12.3. The Morgan fingerprint density at radius 2 is 1.68 bits per heavy atom. The van der Waals surface area contributed by atoms with Gasteiger partial charge in [0.2, 0.25) is 5.95 Å². The predicted molar refractivity (Wildman–Crippen MR) is 156 cm³/mol. The van der Waals surface area contributed by atoms with Gasteiger partial charge in [-0.3, -0.25) is 15.4 Å². The minimum Gasteiger partial charge on any atom is -0.487 e. The number of benzene rings is 3. The fraction of sp³-hybridized carbons (Fsp3) is 0.167. The molecular formula is C30H29N7O4. The van der Waals surface area contributed by atoms with Gasteiger partial charge in [0.1, 0.15) is 24.8 Å². The molecule has 11 nitrogen and oxygen atoms in total. The number of hydrogen-bond acceptors (Lipinski definition) is 7. The maximum Gasteiger partial charge on any atom is 0.324 e. The van der Waals surface area contributed by atoms with Crippen LogP contribution in [0, 0.1) is 13.8 Å². The Kier molecular flexibility index (Phi) is 8.16. The quantitative estimate of drug-likeness (QED) is 0.228. The minimum atomic E-state index is -0.402. The fourth-order valence-electron chi connectivity index (χ4n) is 4.23. The summed E-state index contributed by atoms with van der Waals surface area (Å²) in [4.78, 5) is 33.2. The number of fused-ring (bicyclic) bond motifs is 1. The number of ether oxygens (including phenoxy) is 2. The summed E-state index contributed by atoms with van der Waals surface area (Å²) in [5.41, 5.74) is 3.96. The molecule has 0 fully saturated rings. The number of methoxy groups -OCH3 is 1. The normalized spacial score (nSPS) is 10.8. The highest BCUT2D eigenvalue weighted by atomic mass is 16.5. The molecule has 208 valence electrons. The number of carbonyl (C=O) groups excluding carboxylic acids is 2. The van der Waals surface area contributed by atoms with Crippen LogP contribution in [0.4, 0.5) is 22.2 Å². The number of hydrogen-bond donors (Lipinski definition) is 3. The molecule has 11 heteroatoms. The molecule has 0 saturated heterocycles. The molecule has 41 heavy (non-hydrogen) atoms. The summed E-state index contributed by atoms with van der Waals surface area (Å²) in [6.07, 6.45) is 1.55. The van der Waals surface area contributed by atoms with Crippen molar-refractivity contribution in [3.63, 3.8) is 0 Å². The first-order chi connectivity index (χ1) is 19.9. The molecule has 0 aliphatic rings. The molecule has 5 aromatic rings. The van der Waals surface area contributed by atoms with E-state index < -0.39 is 6.03 Å². The summed E-state index contributed by atoms with van der Waals surface area (Å²) in [7, 11) is 1.44. The first-order valence-corrected chi connectivity index (χ1v) is 12.9. The van der Waals surface area contributed by atoms with Gasteiger partial charge in [0.05, 0.1) is 22.8 Å². The van der Waals surface area contributed by atoms with E-state index in [1.54, 1.807) is 29.1 Å². The van der Waals surface area contributed by atoms with Crippen molar-refractivity contribution in [3.8, 4) is 11.4 Å². The molecule has 0 aliphatic heterocycles. The van der Waals surface area contributed by atoms with Crippen molar-refractivity contribution in [1.82, 2.24) is 19.7 Å². The van der Waals surface area contributed by atoms with Gasteiger partial charge in [0, 0.05) is 30.1 Å². The van der Waals surface area contributed by atoms with E-state index in [-0.39, 0.29) is 25.1 Å². The SMILES string of the molecule is COCC(=O)Nc1nccc(COc2ccc(NC(=O)Nc3cc(C)nn3-c3ccc(C)cc3)c3ccccc23)n1. The lowest BCUT2D eigenvalue weighted by Gasteiger charge is -2.14. The summed E-state index contributed by atoms with van der Waals surface area (Å²) in [6, 6.07) is 22.2. The molecule has 0 bridgehead atoms. The first-order valence-electron chi connectivity index (χ1n) is 12.9. The molecule has 0 aliphatic carbocycles. The van der Waals surface area contributed by atoms with E-state index in [1.807, 2.05) is 68.4 Å². The van der Waals surface area contributed by atoms with Crippen molar-refractivity contribution in [3.05, 3.63) is 95.9 Å². The number of aryl methyl sites for hydroxylation is 2. The Bertz CT molecular complexity index is 1700. The molecule has 5 rings (SSSR count). The number of anilines is 3. The van der Waals surface area contributed by atoms with Crippen molar-refractivity contribution in [2.45, 2.75) is 20.5 Å². The number of nitrogens with one attached hydrogen (secondary N) is 3. The number of rotatable bonds is 9. The van der Waals surface area contributed by atoms with E-state index in [0.717, 1.165) is 27.7 Å². The van der Waals surface area contributed by atoms with Crippen LogP contribution in [-0.2, 0) is 16.1 Å². The van der Waals surface area contributed by atoms with E-state index in [2.05, 4.69) is 31.0 Å². The Morgan fingerprint density at radius 3 is 2.46 bits per heavy atom. The zero-order valence-electron chi connectivity index (χ0n) is 22.8.